The van der Waals surface area contributed by atoms with E-state index in [1.165, 1.54) is 11.1 Å². The molecule has 3 heteroatoms. The molecule has 0 radical (unpaired) electrons. The molecular weight excluding hydrogens is 236 g/mol. The van der Waals surface area contributed by atoms with E-state index in [2.05, 4.69) is 43.4 Å². The summed E-state index contributed by atoms with van der Waals surface area (Å²) in [5.74, 6) is 0.829. The van der Waals surface area contributed by atoms with Crippen molar-refractivity contribution in [2.24, 2.45) is 5.92 Å². The minimum Gasteiger partial charge on any atom is -0.344 e. The van der Waals surface area contributed by atoms with Gasteiger partial charge in [0.15, 0.2) is 0 Å². The van der Waals surface area contributed by atoms with E-state index in [0.29, 0.717) is 12.5 Å². The Morgan fingerprint density at radius 1 is 1.21 bits per heavy atom. The first-order valence-corrected chi connectivity index (χ1v) is 6.99. The predicted molar refractivity (Wildman–Crippen MR) is 80.3 cm³/mol. The minimum atomic E-state index is 0.138. The summed E-state index contributed by atoms with van der Waals surface area (Å²) in [5, 5.41) is 2.88. The van der Waals surface area contributed by atoms with Crippen LogP contribution in [-0.2, 0) is 17.6 Å². The van der Waals surface area contributed by atoms with Crippen LogP contribution in [0.2, 0.25) is 0 Å². The summed E-state index contributed by atoms with van der Waals surface area (Å²) >= 11 is 0. The molecule has 0 fully saturated rings. The van der Waals surface area contributed by atoms with E-state index >= 15 is 0 Å². The highest BCUT2D eigenvalue weighted by molar-refractivity contribution is 5.77. The third-order valence-electron chi connectivity index (χ3n) is 3.16. The number of rotatable bonds is 7. The largest absolute Gasteiger partial charge is 0.344 e. The highest BCUT2D eigenvalue weighted by Gasteiger charge is 2.07. The SMILES string of the molecule is CNCC(=O)N(C)CCc1ccc(CC(C)C)cc1. The lowest BCUT2D eigenvalue weighted by molar-refractivity contribution is -0.128. The zero-order valence-corrected chi connectivity index (χ0v) is 12.6. The molecule has 0 saturated carbocycles. The fourth-order valence-corrected chi connectivity index (χ4v) is 2.02. The van der Waals surface area contributed by atoms with Crippen molar-refractivity contribution in [3.8, 4) is 0 Å². The summed E-state index contributed by atoms with van der Waals surface area (Å²) in [6.07, 6.45) is 2.04. The molecule has 0 aliphatic carbocycles. The second kappa shape index (κ2) is 7.95. The number of hydrogen-bond donors (Lipinski definition) is 1. The van der Waals surface area contributed by atoms with Gasteiger partial charge in [-0.15, -0.1) is 0 Å². The van der Waals surface area contributed by atoms with Crippen LogP contribution in [0.4, 0.5) is 0 Å². The average Bonchev–Trinajstić information content (AvgIpc) is 2.37. The van der Waals surface area contributed by atoms with E-state index in [1.54, 1.807) is 11.9 Å². The Morgan fingerprint density at radius 2 is 1.79 bits per heavy atom. The average molecular weight is 262 g/mol. The van der Waals surface area contributed by atoms with Gasteiger partial charge >= 0.3 is 0 Å². The fraction of sp³-hybridized carbons (Fsp3) is 0.562. The summed E-state index contributed by atoms with van der Waals surface area (Å²) in [5.41, 5.74) is 2.68. The number of hydrogen-bond acceptors (Lipinski definition) is 2. The normalized spacial score (nSPS) is 10.8. The maximum atomic E-state index is 11.6. The molecule has 1 aromatic rings. The van der Waals surface area contributed by atoms with Crippen molar-refractivity contribution in [2.45, 2.75) is 26.7 Å². The lowest BCUT2D eigenvalue weighted by Gasteiger charge is -2.17. The van der Waals surface area contributed by atoms with Gasteiger partial charge in [0.1, 0.15) is 0 Å². The van der Waals surface area contributed by atoms with Crippen molar-refractivity contribution in [2.75, 3.05) is 27.2 Å². The number of carbonyl (C=O) groups is 1. The monoisotopic (exact) mass is 262 g/mol. The zero-order chi connectivity index (χ0) is 14.3. The molecule has 0 aliphatic rings. The molecule has 0 heterocycles. The first-order valence-electron chi connectivity index (χ1n) is 6.99. The molecule has 3 nitrogen and oxygen atoms in total. The van der Waals surface area contributed by atoms with Crippen LogP contribution in [0, 0.1) is 5.92 Å². The van der Waals surface area contributed by atoms with E-state index in [0.717, 1.165) is 19.4 Å². The lowest BCUT2D eigenvalue weighted by Crippen LogP contribution is -2.35. The van der Waals surface area contributed by atoms with Gasteiger partial charge in [-0.05, 0) is 36.9 Å². The Kier molecular flexibility index (Phi) is 6.57. The van der Waals surface area contributed by atoms with Crippen molar-refractivity contribution in [3.63, 3.8) is 0 Å². The molecular formula is C16H26N2O. The molecule has 0 atom stereocenters. The zero-order valence-electron chi connectivity index (χ0n) is 12.6. The van der Waals surface area contributed by atoms with Crippen LogP contribution in [0.3, 0.4) is 0 Å². The van der Waals surface area contributed by atoms with E-state index in [1.807, 2.05) is 7.05 Å². The number of nitrogens with zero attached hydrogens (tertiary/aromatic N) is 1. The van der Waals surface area contributed by atoms with Gasteiger partial charge in [-0.1, -0.05) is 38.1 Å². The third-order valence-corrected chi connectivity index (χ3v) is 3.16. The van der Waals surface area contributed by atoms with Crippen LogP contribution in [0.5, 0.6) is 0 Å². The van der Waals surface area contributed by atoms with E-state index in [4.69, 9.17) is 0 Å². The van der Waals surface area contributed by atoms with E-state index in [9.17, 15) is 4.79 Å². The molecule has 0 spiro atoms. The standard InChI is InChI=1S/C16H26N2O/c1-13(2)11-15-7-5-14(6-8-15)9-10-18(4)16(19)12-17-3/h5-8,13,17H,9-12H2,1-4H3. The van der Waals surface area contributed by atoms with Gasteiger partial charge in [-0.25, -0.2) is 0 Å². The summed E-state index contributed by atoms with van der Waals surface area (Å²) in [7, 11) is 3.64. The van der Waals surface area contributed by atoms with E-state index in [-0.39, 0.29) is 5.91 Å². The quantitative estimate of drug-likeness (QED) is 0.816. The van der Waals surface area contributed by atoms with Gasteiger partial charge in [-0.3, -0.25) is 4.79 Å². The van der Waals surface area contributed by atoms with Gasteiger partial charge in [0.2, 0.25) is 5.91 Å². The van der Waals surface area contributed by atoms with Gasteiger partial charge in [0.25, 0.3) is 0 Å². The Balaban J connectivity index is 2.43. The van der Waals surface area contributed by atoms with Crippen LogP contribution >= 0.6 is 0 Å². The Bertz CT molecular complexity index is 384. The number of likely N-dealkylation sites (N-methyl/N-ethyl adjacent to an activating group) is 2. The summed E-state index contributed by atoms with van der Waals surface area (Å²) < 4.78 is 0. The Hall–Kier alpha value is -1.35. The number of carbonyl (C=O) groups excluding carboxylic acids is 1. The Labute approximate surface area is 117 Å². The molecule has 0 saturated heterocycles. The van der Waals surface area contributed by atoms with Crippen LogP contribution in [0.1, 0.15) is 25.0 Å². The summed E-state index contributed by atoms with van der Waals surface area (Å²) in [4.78, 5) is 13.4. The van der Waals surface area contributed by atoms with Gasteiger partial charge in [0.05, 0.1) is 6.54 Å². The van der Waals surface area contributed by atoms with Gasteiger partial charge < -0.3 is 10.2 Å². The van der Waals surface area contributed by atoms with Crippen LogP contribution < -0.4 is 5.32 Å². The number of nitrogens with one attached hydrogen (secondary N) is 1. The highest BCUT2D eigenvalue weighted by atomic mass is 16.2. The molecule has 19 heavy (non-hydrogen) atoms. The van der Waals surface area contributed by atoms with Crippen molar-refractivity contribution in [1.82, 2.24) is 10.2 Å². The summed E-state index contributed by atoms with van der Waals surface area (Å²) in [6, 6.07) is 8.75. The topological polar surface area (TPSA) is 32.3 Å². The lowest BCUT2D eigenvalue weighted by atomic mass is 10.0. The molecule has 106 valence electrons. The van der Waals surface area contributed by atoms with Crippen LogP contribution in [0.15, 0.2) is 24.3 Å². The van der Waals surface area contributed by atoms with Crippen molar-refractivity contribution >= 4 is 5.91 Å². The van der Waals surface area contributed by atoms with Crippen molar-refractivity contribution in [3.05, 3.63) is 35.4 Å². The second-order valence-electron chi connectivity index (χ2n) is 5.51. The second-order valence-corrected chi connectivity index (χ2v) is 5.51. The van der Waals surface area contributed by atoms with Crippen LogP contribution in [0.25, 0.3) is 0 Å². The maximum Gasteiger partial charge on any atom is 0.236 e. The predicted octanol–water partition coefficient (Wildman–Crippen LogP) is 2.11. The Morgan fingerprint density at radius 3 is 2.32 bits per heavy atom. The smallest absolute Gasteiger partial charge is 0.236 e. The summed E-state index contributed by atoms with van der Waals surface area (Å²) in [6.45, 7) is 5.64. The maximum absolute atomic E-state index is 11.6. The minimum absolute atomic E-state index is 0.138. The molecule has 0 bridgehead atoms. The van der Waals surface area contributed by atoms with Crippen molar-refractivity contribution < 1.29 is 4.79 Å². The number of benzene rings is 1. The molecule has 0 aromatic heterocycles. The molecule has 1 rings (SSSR count). The van der Waals surface area contributed by atoms with Gasteiger partial charge in [0, 0.05) is 13.6 Å². The molecule has 0 unspecified atom stereocenters. The van der Waals surface area contributed by atoms with Crippen molar-refractivity contribution in [1.29, 1.82) is 0 Å². The van der Waals surface area contributed by atoms with Crippen LogP contribution in [-0.4, -0.2) is 38.0 Å². The molecule has 1 N–H and O–H groups in total. The first kappa shape index (κ1) is 15.7. The third kappa shape index (κ3) is 5.88. The molecule has 1 aromatic carbocycles. The fourth-order valence-electron chi connectivity index (χ4n) is 2.02. The number of amides is 1. The van der Waals surface area contributed by atoms with Gasteiger partial charge in [-0.2, -0.15) is 0 Å². The molecule has 0 aliphatic heterocycles. The van der Waals surface area contributed by atoms with E-state index < -0.39 is 0 Å². The molecule has 1 amide bonds. The highest BCUT2D eigenvalue weighted by Crippen LogP contribution is 2.10. The first-order chi connectivity index (χ1) is 9.02.